The molecule has 0 fully saturated rings. The van der Waals surface area contributed by atoms with Crippen LogP contribution in [0.3, 0.4) is 0 Å². The number of nitrogens with zero attached hydrogens (tertiary/aromatic N) is 3. The van der Waals surface area contributed by atoms with Crippen molar-refractivity contribution in [2.24, 2.45) is 0 Å². The van der Waals surface area contributed by atoms with E-state index in [1.807, 2.05) is 0 Å². The highest BCUT2D eigenvalue weighted by Gasteiger charge is 2.01. The van der Waals surface area contributed by atoms with Crippen molar-refractivity contribution in [2.45, 2.75) is 59.3 Å². The number of unbranched alkanes of at least 4 members (excludes halogenated alkanes) is 3. The molecule has 0 aliphatic rings. The van der Waals surface area contributed by atoms with Gasteiger partial charge in [-0.05, 0) is 38.9 Å². The van der Waals surface area contributed by atoms with Gasteiger partial charge >= 0.3 is 0 Å². The van der Waals surface area contributed by atoms with Crippen LogP contribution in [0.4, 0.5) is 0 Å². The lowest BCUT2D eigenvalue weighted by Gasteiger charge is -2.21. The van der Waals surface area contributed by atoms with Crippen molar-refractivity contribution in [3.63, 3.8) is 0 Å². The summed E-state index contributed by atoms with van der Waals surface area (Å²) in [5.74, 6) is 0. The van der Waals surface area contributed by atoms with Gasteiger partial charge in [0.25, 0.3) is 0 Å². The Morgan fingerprint density at radius 1 is 0.889 bits per heavy atom. The third-order valence-electron chi connectivity index (χ3n) is 2.81. The van der Waals surface area contributed by atoms with Gasteiger partial charge in [0.1, 0.15) is 0 Å². The zero-order valence-electron chi connectivity index (χ0n) is 12.4. The minimum absolute atomic E-state index is 1.32. The predicted octanol–water partition coefficient (Wildman–Crippen LogP) is 3.49. The second-order valence-electron chi connectivity index (χ2n) is 4.56. The second-order valence-corrected chi connectivity index (χ2v) is 4.56. The molecule has 1 aromatic heterocycles. The van der Waals surface area contributed by atoms with Crippen molar-refractivity contribution in [3.8, 4) is 0 Å². The van der Waals surface area contributed by atoms with Crippen LogP contribution in [0, 0.1) is 0 Å². The lowest BCUT2D eigenvalue weighted by atomic mass is 10.2. The Labute approximate surface area is 112 Å². The number of aromatic nitrogens is 3. The Morgan fingerprint density at radius 3 is 1.61 bits per heavy atom. The number of nitrogens with one attached hydrogen (secondary N) is 1. The zero-order chi connectivity index (χ0) is 13.5. The predicted molar refractivity (Wildman–Crippen MR) is 77.5 cm³/mol. The lowest BCUT2D eigenvalue weighted by molar-refractivity contribution is 0.261. The van der Waals surface area contributed by atoms with Crippen LogP contribution in [0.25, 0.3) is 0 Å². The molecule has 18 heavy (non-hydrogen) atoms. The van der Waals surface area contributed by atoms with E-state index in [0.29, 0.717) is 0 Å². The largest absolute Gasteiger partial charge is 0.303 e. The van der Waals surface area contributed by atoms with E-state index >= 15 is 0 Å². The van der Waals surface area contributed by atoms with Crippen LogP contribution in [0.1, 0.15) is 59.3 Å². The molecular weight excluding hydrogens is 224 g/mol. The molecule has 0 saturated heterocycles. The van der Waals surface area contributed by atoms with Crippen LogP contribution < -0.4 is 0 Å². The molecule has 0 saturated carbocycles. The SMILES string of the molecule is CCCCN(CCCC)CCCC.c1c[nH]nn1. The number of hydrogen-bond donors (Lipinski definition) is 1. The molecule has 0 aromatic carbocycles. The molecule has 1 N–H and O–H groups in total. The van der Waals surface area contributed by atoms with E-state index in [1.165, 1.54) is 58.2 Å². The summed E-state index contributed by atoms with van der Waals surface area (Å²) in [6.07, 6.45) is 11.3. The molecule has 0 spiro atoms. The maximum Gasteiger partial charge on any atom is 0.0690 e. The summed E-state index contributed by atoms with van der Waals surface area (Å²) in [5.41, 5.74) is 0. The zero-order valence-corrected chi connectivity index (χ0v) is 12.4. The molecule has 1 heterocycles. The normalized spacial score (nSPS) is 10.2. The standard InChI is InChI=1S/C12H27N.C2H3N3/c1-4-7-10-13(11-8-5-2)12-9-6-3;1-2-4-5-3-1/h4-12H2,1-3H3;1-2H,(H,3,4,5). The fraction of sp³-hybridized carbons (Fsp3) is 0.857. The molecule has 0 aliphatic carbocycles. The van der Waals surface area contributed by atoms with Crippen molar-refractivity contribution in [2.75, 3.05) is 19.6 Å². The van der Waals surface area contributed by atoms with Crippen molar-refractivity contribution < 1.29 is 0 Å². The number of H-pyrrole nitrogens is 1. The van der Waals surface area contributed by atoms with E-state index in [0.717, 1.165) is 0 Å². The van der Waals surface area contributed by atoms with E-state index in [1.54, 1.807) is 12.4 Å². The molecule has 0 unspecified atom stereocenters. The molecule has 1 aromatic rings. The summed E-state index contributed by atoms with van der Waals surface area (Å²) in [4.78, 5) is 2.64. The van der Waals surface area contributed by atoms with Gasteiger partial charge in [-0.25, -0.2) is 0 Å². The Kier molecular flexibility index (Phi) is 13.5. The highest BCUT2D eigenvalue weighted by atomic mass is 15.3. The van der Waals surface area contributed by atoms with E-state index in [-0.39, 0.29) is 0 Å². The third kappa shape index (κ3) is 11.6. The number of rotatable bonds is 9. The lowest BCUT2D eigenvalue weighted by Crippen LogP contribution is -2.27. The fourth-order valence-corrected chi connectivity index (χ4v) is 1.65. The van der Waals surface area contributed by atoms with Gasteiger partial charge in [-0.3, -0.25) is 5.10 Å². The highest BCUT2D eigenvalue weighted by molar-refractivity contribution is 4.57. The summed E-state index contributed by atoms with van der Waals surface area (Å²) < 4.78 is 0. The molecule has 0 radical (unpaired) electrons. The van der Waals surface area contributed by atoms with Crippen molar-refractivity contribution in [1.82, 2.24) is 20.3 Å². The molecule has 0 atom stereocenters. The molecule has 1 rings (SSSR count). The van der Waals surface area contributed by atoms with Crippen LogP contribution >= 0.6 is 0 Å². The van der Waals surface area contributed by atoms with E-state index < -0.39 is 0 Å². The van der Waals surface area contributed by atoms with E-state index in [2.05, 4.69) is 41.1 Å². The number of hydrogen-bond acceptors (Lipinski definition) is 3. The maximum absolute atomic E-state index is 3.42. The van der Waals surface area contributed by atoms with Gasteiger partial charge in [0.15, 0.2) is 0 Å². The molecule has 0 bridgehead atoms. The van der Waals surface area contributed by atoms with Gasteiger partial charge in [-0.2, -0.15) is 0 Å². The van der Waals surface area contributed by atoms with Crippen molar-refractivity contribution >= 4 is 0 Å². The Morgan fingerprint density at radius 2 is 1.39 bits per heavy atom. The molecule has 4 nitrogen and oxygen atoms in total. The van der Waals surface area contributed by atoms with Crippen LogP contribution in [-0.2, 0) is 0 Å². The van der Waals surface area contributed by atoms with Gasteiger partial charge in [-0.1, -0.05) is 45.2 Å². The van der Waals surface area contributed by atoms with Crippen LogP contribution in [-0.4, -0.2) is 39.9 Å². The second kappa shape index (κ2) is 14.2. The van der Waals surface area contributed by atoms with Gasteiger partial charge < -0.3 is 4.90 Å². The Balaban J connectivity index is 0.000000473. The first-order valence-electron chi connectivity index (χ1n) is 7.37. The minimum Gasteiger partial charge on any atom is -0.303 e. The van der Waals surface area contributed by atoms with Gasteiger partial charge in [0.2, 0.25) is 0 Å². The van der Waals surface area contributed by atoms with Crippen LogP contribution in [0.15, 0.2) is 12.4 Å². The smallest absolute Gasteiger partial charge is 0.0690 e. The van der Waals surface area contributed by atoms with Crippen molar-refractivity contribution in [3.05, 3.63) is 12.4 Å². The fourth-order valence-electron chi connectivity index (χ4n) is 1.65. The first kappa shape index (κ1) is 17.1. The highest BCUT2D eigenvalue weighted by Crippen LogP contribution is 2.01. The molecule has 4 heteroatoms. The summed E-state index contributed by atoms with van der Waals surface area (Å²) >= 11 is 0. The summed E-state index contributed by atoms with van der Waals surface area (Å²) in [6.45, 7) is 10.8. The minimum atomic E-state index is 1.32. The van der Waals surface area contributed by atoms with Crippen LogP contribution in [0.5, 0.6) is 0 Å². The molecular formula is C14H30N4. The van der Waals surface area contributed by atoms with Crippen molar-refractivity contribution in [1.29, 1.82) is 0 Å². The third-order valence-corrected chi connectivity index (χ3v) is 2.81. The van der Waals surface area contributed by atoms with Gasteiger partial charge in [0.05, 0.1) is 6.20 Å². The molecule has 0 amide bonds. The van der Waals surface area contributed by atoms with E-state index in [4.69, 9.17) is 0 Å². The average Bonchev–Trinajstić information content (AvgIpc) is 2.97. The summed E-state index contributed by atoms with van der Waals surface area (Å²) in [7, 11) is 0. The Hall–Kier alpha value is -0.900. The van der Waals surface area contributed by atoms with Crippen LogP contribution in [0.2, 0.25) is 0 Å². The number of aromatic amines is 1. The first-order chi connectivity index (χ1) is 8.85. The van der Waals surface area contributed by atoms with Gasteiger partial charge in [0, 0.05) is 6.20 Å². The molecule has 0 aliphatic heterocycles. The molecule has 106 valence electrons. The van der Waals surface area contributed by atoms with E-state index in [9.17, 15) is 0 Å². The summed E-state index contributed by atoms with van der Waals surface area (Å²) in [6, 6.07) is 0. The van der Waals surface area contributed by atoms with Gasteiger partial charge in [-0.15, -0.1) is 5.10 Å². The first-order valence-corrected chi connectivity index (χ1v) is 7.37. The quantitative estimate of drug-likeness (QED) is 0.733. The Bertz CT molecular complexity index is 187. The maximum atomic E-state index is 3.42. The monoisotopic (exact) mass is 254 g/mol. The summed E-state index contributed by atoms with van der Waals surface area (Å²) in [5, 5.41) is 9.26. The topological polar surface area (TPSA) is 44.8 Å². The average molecular weight is 254 g/mol.